The van der Waals surface area contributed by atoms with Crippen LogP contribution < -0.4 is 5.32 Å². The van der Waals surface area contributed by atoms with Crippen molar-refractivity contribution < 1.29 is 0 Å². The van der Waals surface area contributed by atoms with E-state index in [0.717, 1.165) is 24.3 Å². The number of aromatic nitrogens is 1. The van der Waals surface area contributed by atoms with Gasteiger partial charge < -0.3 is 5.32 Å². The third kappa shape index (κ3) is 2.22. The van der Waals surface area contributed by atoms with E-state index in [9.17, 15) is 0 Å². The van der Waals surface area contributed by atoms with Crippen molar-refractivity contribution in [1.29, 1.82) is 0 Å². The number of rotatable bonds is 3. The van der Waals surface area contributed by atoms with E-state index in [1.54, 1.807) is 0 Å². The Hall–Kier alpha value is -1.41. The predicted molar refractivity (Wildman–Crippen MR) is 68.6 cm³/mol. The Kier molecular flexibility index (Phi) is 3.20. The van der Waals surface area contributed by atoms with Gasteiger partial charge in [0.1, 0.15) is 0 Å². The van der Waals surface area contributed by atoms with Gasteiger partial charge in [0.15, 0.2) is 0 Å². The standard InChI is InChI=1S/C14H18N2/c1-4-15-9-12-8-11(3)16-14-6-5-10(2)7-13(12)14/h5-8,15H,4,9H2,1-3H3. The molecule has 1 aromatic heterocycles. The molecule has 0 amide bonds. The average molecular weight is 214 g/mol. The lowest BCUT2D eigenvalue weighted by atomic mass is 10.1. The van der Waals surface area contributed by atoms with E-state index < -0.39 is 0 Å². The van der Waals surface area contributed by atoms with E-state index in [-0.39, 0.29) is 0 Å². The first-order chi connectivity index (χ1) is 7.70. The second kappa shape index (κ2) is 4.62. The summed E-state index contributed by atoms with van der Waals surface area (Å²) in [4.78, 5) is 4.56. The summed E-state index contributed by atoms with van der Waals surface area (Å²) in [6.07, 6.45) is 0. The fraction of sp³-hybridized carbons (Fsp3) is 0.357. The van der Waals surface area contributed by atoms with Gasteiger partial charge in [-0.15, -0.1) is 0 Å². The zero-order chi connectivity index (χ0) is 11.5. The molecule has 2 nitrogen and oxygen atoms in total. The van der Waals surface area contributed by atoms with E-state index in [1.165, 1.54) is 16.5 Å². The molecule has 0 radical (unpaired) electrons. The molecular weight excluding hydrogens is 196 g/mol. The van der Waals surface area contributed by atoms with Gasteiger partial charge in [0.05, 0.1) is 5.52 Å². The molecule has 0 aliphatic heterocycles. The lowest BCUT2D eigenvalue weighted by molar-refractivity contribution is 0.729. The molecule has 84 valence electrons. The van der Waals surface area contributed by atoms with Crippen LogP contribution in [-0.4, -0.2) is 11.5 Å². The SMILES string of the molecule is CCNCc1cc(C)nc2ccc(C)cc12. The summed E-state index contributed by atoms with van der Waals surface area (Å²) in [6, 6.07) is 8.61. The maximum atomic E-state index is 4.56. The van der Waals surface area contributed by atoms with Crippen LogP contribution in [0.5, 0.6) is 0 Å². The topological polar surface area (TPSA) is 24.9 Å². The van der Waals surface area contributed by atoms with Gasteiger partial charge in [-0.2, -0.15) is 0 Å². The first-order valence-electron chi connectivity index (χ1n) is 5.78. The van der Waals surface area contributed by atoms with Gasteiger partial charge in [0, 0.05) is 17.6 Å². The molecule has 0 fully saturated rings. The Balaban J connectivity index is 2.55. The maximum Gasteiger partial charge on any atom is 0.0708 e. The molecule has 0 aliphatic rings. The van der Waals surface area contributed by atoms with Gasteiger partial charge in [-0.25, -0.2) is 0 Å². The van der Waals surface area contributed by atoms with Gasteiger partial charge in [-0.3, -0.25) is 4.98 Å². The first kappa shape index (κ1) is 11.1. The van der Waals surface area contributed by atoms with Crippen molar-refractivity contribution in [3.05, 3.63) is 41.1 Å². The Morgan fingerprint density at radius 1 is 1.19 bits per heavy atom. The molecule has 0 aliphatic carbocycles. The Bertz CT molecular complexity index is 503. The molecule has 1 aromatic carbocycles. The number of nitrogens with zero attached hydrogens (tertiary/aromatic N) is 1. The minimum atomic E-state index is 0.916. The van der Waals surface area contributed by atoms with Crippen LogP contribution in [0.25, 0.3) is 10.9 Å². The summed E-state index contributed by atoms with van der Waals surface area (Å²) < 4.78 is 0. The van der Waals surface area contributed by atoms with Crippen LogP contribution in [0.2, 0.25) is 0 Å². The van der Waals surface area contributed by atoms with Crippen molar-refractivity contribution >= 4 is 10.9 Å². The molecule has 0 unspecified atom stereocenters. The molecular formula is C14H18N2. The van der Waals surface area contributed by atoms with E-state index >= 15 is 0 Å². The molecule has 0 saturated carbocycles. The third-order valence-electron chi connectivity index (χ3n) is 2.74. The highest BCUT2D eigenvalue weighted by Crippen LogP contribution is 2.19. The van der Waals surface area contributed by atoms with Crippen molar-refractivity contribution in [2.45, 2.75) is 27.3 Å². The average Bonchev–Trinajstić information content (AvgIpc) is 2.26. The van der Waals surface area contributed by atoms with Crippen LogP contribution in [0.15, 0.2) is 24.3 Å². The maximum absolute atomic E-state index is 4.56. The van der Waals surface area contributed by atoms with Crippen molar-refractivity contribution in [3.8, 4) is 0 Å². The molecule has 0 bridgehead atoms. The van der Waals surface area contributed by atoms with Gasteiger partial charge in [-0.05, 0) is 44.2 Å². The highest BCUT2D eigenvalue weighted by Gasteiger charge is 2.03. The van der Waals surface area contributed by atoms with E-state index in [4.69, 9.17) is 0 Å². The molecule has 2 rings (SSSR count). The van der Waals surface area contributed by atoms with E-state index in [1.807, 2.05) is 0 Å². The number of hydrogen-bond donors (Lipinski definition) is 1. The van der Waals surface area contributed by atoms with Gasteiger partial charge in [-0.1, -0.05) is 18.6 Å². The molecule has 2 aromatic rings. The smallest absolute Gasteiger partial charge is 0.0708 e. The van der Waals surface area contributed by atoms with Crippen molar-refractivity contribution in [2.24, 2.45) is 0 Å². The van der Waals surface area contributed by atoms with Crippen LogP contribution in [0.3, 0.4) is 0 Å². The summed E-state index contributed by atoms with van der Waals surface area (Å²) in [5, 5.41) is 4.65. The largest absolute Gasteiger partial charge is 0.313 e. The van der Waals surface area contributed by atoms with Crippen molar-refractivity contribution in [2.75, 3.05) is 6.54 Å². The second-order valence-corrected chi connectivity index (χ2v) is 4.22. The Morgan fingerprint density at radius 2 is 2.00 bits per heavy atom. The zero-order valence-corrected chi connectivity index (χ0v) is 10.2. The molecule has 16 heavy (non-hydrogen) atoms. The van der Waals surface area contributed by atoms with E-state index in [2.05, 4.69) is 55.3 Å². The number of pyridine rings is 1. The van der Waals surface area contributed by atoms with Crippen molar-refractivity contribution in [3.63, 3.8) is 0 Å². The molecule has 2 heteroatoms. The summed E-state index contributed by atoms with van der Waals surface area (Å²) in [6.45, 7) is 8.21. The monoisotopic (exact) mass is 214 g/mol. The van der Waals surface area contributed by atoms with Crippen LogP contribution in [-0.2, 0) is 6.54 Å². The van der Waals surface area contributed by atoms with Crippen LogP contribution >= 0.6 is 0 Å². The number of nitrogens with one attached hydrogen (secondary N) is 1. The Morgan fingerprint density at radius 3 is 2.75 bits per heavy atom. The Labute approximate surface area is 96.7 Å². The normalized spacial score (nSPS) is 10.9. The summed E-state index contributed by atoms with van der Waals surface area (Å²) in [5.41, 5.74) is 4.81. The highest BCUT2D eigenvalue weighted by molar-refractivity contribution is 5.83. The molecule has 1 heterocycles. The molecule has 0 saturated heterocycles. The predicted octanol–water partition coefficient (Wildman–Crippen LogP) is 2.96. The van der Waals surface area contributed by atoms with Crippen molar-refractivity contribution in [1.82, 2.24) is 10.3 Å². The fourth-order valence-electron chi connectivity index (χ4n) is 1.96. The number of aryl methyl sites for hydroxylation is 2. The minimum absolute atomic E-state index is 0.916. The highest BCUT2D eigenvalue weighted by atomic mass is 14.8. The number of benzene rings is 1. The summed E-state index contributed by atoms with van der Waals surface area (Å²) >= 11 is 0. The van der Waals surface area contributed by atoms with Crippen LogP contribution in [0, 0.1) is 13.8 Å². The summed E-state index contributed by atoms with van der Waals surface area (Å²) in [5.74, 6) is 0. The minimum Gasteiger partial charge on any atom is -0.313 e. The van der Waals surface area contributed by atoms with Gasteiger partial charge in [0.25, 0.3) is 0 Å². The zero-order valence-electron chi connectivity index (χ0n) is 10.2. The lowest BCUT2D eigenvalue weighted by Crippen LogP contribution is -2.12. The van der Waals surface area contributed by atoms with Crippen LogP contribution in [0.1, 0.15) is 23.7 Å². The van der Waals surface area contributed by atoms with Gasteiger partial charge >= 0.3 is 0 Å². The number of hydrogen-bond acceptors (Lipinski definition) is 2. The van der Waals surface area contributed by atoms with Gasteiger partial charge in [0.2, 0.25) is 0 Å². The second-order valence-electron chi connectivity index (χ2n) is 4.22. The molecule has 0 spiro atoms. The first-order valence-corrected chi connectivity index (χ1v) is 5.78. The lowest BCUT2D eigenvalue weighted by Gasteiger charge is -2.09. The quantitative estimate of drug-likeness (QED) is 0.849. The molecule has 0 atom stereocenters. The third-order valence-corrected chi connectivity index (χ3v) is 2.74. The number of fused-ring (bicyclic) bond motifs is 1. The molecule has 1 N–H and O–H groups in total. The van der Waals surface area contributed by atoms with E-state index in [0.29, 0.717) is 0 Å². The fourth-order valence-corrected chi connectivity index (χ4v) is 1.96. The van der Waals surface area contributed by atoms with Crippen LogP contribution in [0.4, 0.5) is 0 Å². The summed E-state index contributed by atoms with van der Waals surface area (Å²) in [7, 11) is 0.